The van der Waals surface area contributed by atoms with E-state index in [4.69, 9.17) is 36.4 Å². The number of nitrogens with zero attached hydrogens (tertiary/aromatic N) is 2. The average Bonchev–Trinajstić information content (AvgIpc) is 2.89. The van der Waals surface area contributed by atoms with Gasteiger partial charge in [0.1, 0.15) is 23.0 Å². The molecule has 0 saturated carbocycles. The molecule has 2 heterocycles. The molecule has 10 heteroatoms. The van der Waals surface area contributed by atoms with E-state index in [0.29, 0.717) is 0 Å². The number of allylic oxidation sites excluding steroid dienone is 1. The zero-order valence-corrected chi connectivity index (χ0v) is 16.7. The fourth-order valence-electron chi connectivity index (χ4n) is 3.56. The van der Waals surface area contributed by atoms with E-state index in [2.05, 4.69) is 0 Å². The number of nitrogens with two attached hydrogens (primary N) is 1. The lowest BCUT2D eigenvalue weighted by Crippen LogP contribution is -2.48. The van der Waals surface area contributed by atoms with Gasteiger partial charge in [0, 0.05) is 17.7 Å². The maximum Gasteiger partial charge on any atom is 0.339 e. The molecule has 1 amide bonds. The standard InChI is InChI=1S/C19H18ClN3O6/c1-4-27-17(24)15-10(2)29-16(22)13(8-21)19(15)12-7-11(20)5-6-14(12)23(18(19)25)28-9-26-3/h5-7H,4,9,22H2,1-3H3/t19-/m1/s1. The zero-order chi connectivity index (χ0) is 21.3. The molecule has 2 N–H and O–H groups in total. The fraction of sp³-hybridized carbons (Fsp3) is 0.316. The van der Waals surface area contributed by atoms with Crippen LogP contribution in [-0.4, -0.2) is 32.4 Å². The summed E-state index contributed by atoms with van der Waals surface area (Å²) in [6.45, 7) is 2.88. The van der Waals surface area contributed by atoms with Gasteiger partial charge in [0.25, 0.3) is 5.91 Å². The molecular formula is C19H18ClN3O6. The highest BCUT2D eigenvalue weighted by atomic mass is 35.5. The van der Waals surface area contributed by atoms with Crippen molar-refractivity contribution in [3.8, 4) is 6.07 Å². The van der Waals surface area contributed by atoms with Crippen LogP contribution in [-0.2, 0) is 34.1 Å². The molecule has 3 rings (SSSR count). The predicted molar refractivity (Wildman–Crippen MR) is 101 cm³/mol. The highest BCUT2D eigenvalue weighted by Gasteiger charge is 2.63. The number of ether oxygens (including phenoxy) is 3. The number of rotatable bonds is 5. The lowest BCUT2D eigenvalue weighted by molar-refractivity contribution is -0.142. The SMILES string of the molecule is CCOC(=O)C1=C(C)OC(N)=C(C#N)[C@@]12C(=O)N(OCOC)c1ccc(Cl)cc12. The molecule has 2 aliphatic heterocycles. The van der Waals surface area contributed by atoms with Crippen LogP contribution >= 0.6 is 11.6 Å². The van der Waals surface area contributed by atoms with Crippen molar-refractivity contribution in [2.24, 2.45) is 5.73 Å². The number of amides is 1. The first-order chi connectivity index (χ1) is 13.8. The third-order valence-electron chi connectivity index (χ3n) is 4.59. The van der Waals surface area contributed by atoms with Crippen LogP contribution in [0.2, 0.25) is 5.02 Å². The Kier molecular flexibility index (Phi) is 5.53. The number of carbonyl (C=O) groups excluding carboxylic acids is 2. The Morgan fingerprint density at radius 2 is 2.17 bits per heavy atom. The number of nitriles is 1. The number of hydrogen-bond donors (Lipinski definition) is 1. The summed E-state index contributed by atoms with van der Waals surface area (Å²) in [6, 6.07) is 6.48. The van der Waals surface area contributed by atoms with Gasteiger partial charge >= 0.3 is 5.97 Å². The molecule has 0 aliphatic carbocycles. The number of benzene rings is 1. The molecule has 0 bridgehead atoms. The lowest BCUT2D eigenvalue weighted by Gasteiger charge is -2.34. The van der Waals surface area contributed by atoms with Crippen molar-refractivity contribution < 1.29 is 28.6 Å². The van der Waals surface area contributed by atoms with E-state index in [1.807, 2.05) is 6.07 Å². The highest BCUT2D eigenvalue weighted by molar-refractivity contribution is 6.31. The molecule has 0 unspecified atom stereocenters. The van der Waals surface area contributed by atoms with Crippen LogP contribution in [0.5, 0.6) is 0 Å². The van der Waals surface area contributed by atoms with Gasteiger partial charge in [0.2, 0.25) is 5.88 Å². The van der Waals surface area contributed by atoms with Gasteiger partial charge in [0.05, 0.1) is 12.3 Å². The van der Waals surface area contributed by atoms with E-state index in [9.17, 15) is 14.9 Å². The molecule has 0 fully saturated rings. The van der Waals surface area contributed by atoms with Gasteiger partial charge < -0.3 is 19.9 Å². The number of anilines is 1. The molecule has 1 aromatic rings. The molecule has 29 heavy (non-hydrogen) atoms. The molecule has 1 spiro atoms. The van der Waals surface area contributed by atoms with Crippen molar-refractivity contribution >= 4 is 29.2 Å². The Morgan fingerprint density at radius 3 is 2.79 bits per heavy atom. The van der Waals surface area contributed by atoms with Gasteiger partial charge in [-0.2, -0.15) is 10.3 Å². The summed E-state index contributed by atoms with van der Waals surface area (Å²) in [5.74, 6) is -1.83. The summed E-state index contributed by atoms with van der Waals surface area (Å²) in [7, 11) is 1.39. The predicted octanol–water partition coefficient (Wildman–Crippen LogP) is 2.02. The van der Waals surface area contributed by atoms with Crippen LogP contribution in [0.1, 0.15) is 19.4 Å². The van der Waals surface area contributed by atoms with E-state index in [1.54, 1.807) is 19.1 Å². The van der Waals surface area contributed by atoms with Gasteiger partial charge in [0.15, 0.2) is 12.2 Å². The van der Waals surface area contributed by atoms with Crippen LogP contribution in [0.15, 0.2) is 41.0 Å². The number of hydroxylamine groups is 1. The van der Waals surface area contributed by atoms with Crippen LogP contribution in [0, 0.1) is 11.3 Å². The topological polar surface area (TPSA) is 124 Å². The number of hydrogen-bond acceptors (Lipinski definition) is 8. The first-order valence-electron chi connectivity index (χ1n) is 8.57. The van der Waals surface area contributed by atoms with E-state index < -0.39 is 17.3 Å². The Morgan fingerprint density at radius 1 is 1.45 bits per heavy atom. The minimum Gasteiger partial charge on any atom is -0.462 e. The molecule has 0 aromatic heterocycles. The van der Waals surface area contributed by atoms with Crippen molar-refractivity contribution in [3.05, 3.63) is 51.6 Å². The second-order valence-corrected chi connectivity index (χ2v) is 6.59. The van der Waals surface area contributed by atoms with E-state index in [-0.39, 0.29) is 52.5 Å². The summed E-state index contributed by atoms with van der Waals surface area (Å²) in [5, 5.41) is 11.1. The number of esters is 1. The Bertz CT molecular complexity index is 996. The molecule has 2 aliphatic rings. The Hall–Kier alpha value is -3.06. The first kappa shape index (κ1) is 20.7. The second kappa shape index (κ2) is 7.75. The van der Waals surface area contributed by atoms with Crippen molar-refractivity contribution in [2.45, 2.75) is 19.3 Å². The maximum absolute atomic E-state index is 13.7. The summed E-state index contributed by atoms with van der Waals surface area (Å²) in [4.78, 5) is 32.0. The third kappa shape index (κ3) is 2.93. The van der Waals surface area contributed by atoms with Crippen LogP contribution in [0.3, 0.4) is 0 Å². The number of carbonyl (C=O) groups is 2. The van der Waals surface area contributed by atoms with E-state index >= 15 is 0 Å². The Balaban J connectivity index is 2.39. The van der Waals surface area contributed by atoms with Crippen molar-refractivity contribution in [1.29, 1.82) is 5.26 Å². The third-order valence-corrected chi connectivity index (χ3v) is 4.82. The highest BCUT2D eigenvalue weighted by Crippen LogP contribution is 2.54. The number of halogens is 1. The quantitative estimate of drug-likeness (QED) is 0.567. The minimum absolute atomic E-state index is 0.0350. The number of fused-ring (bicyclic) bond motifs is 2. The Labute approximate surface area is 171 Å². The molecule has 1 aromatic carbocycles. The van der Waals surface area contributed by atoms with Gasteiger partial charge in [-0.15, -0.1) is 0 Å². The molecule has 0 radical (unpaired) electrons. The first-order valence-corrected chi connectivity index (χ1v) is 8.95. The summed E-state index contributed by atoms with van der Waals surface area (Å²) in [5.41, 5.74) is 4.13. The molecular weight excluding hydrogens is 402 g/mol. The second-order valence-electron chi connectivity index (χ2n) is 6.15. The van der Waals surface area contributed by atoms with Gasteiger partial charge in [-0.3, -0.25) is 4.79 Å². The largest absolute Gasteiger partial charge is 0.462 e. The maximum atomic E-state index is 13.7. The van der Waals surface area contributed by atoms with Crippen LogP contribution in [0.4, 0.5) is 5.69 Å². The van der Waals surface area contributed by atoms with Crippen molar-refractivity contribution in [2.75, 3.05) is 25.6 Å². The van der Waals surface area contributed by atoms with Crippen molar-refractivity contribution in [1.82, 2.24) is 0 Å². The van der Waals surface area contributed by atoms with Gasteiger partial charge in [-0.05, 0) is 32.0 Å². The summed E-state index contributed by atoms with van der Waals surface area (Å²) >= 11 is 6.19. The molecule has 152 valence electrons. The fourth-order valence-corrected chi connectivity index (χ4v) is 3.73. The smallest absolute Gasteiger partial charge is 0.339 e. The summed E-state index contributed by atoms with van der Waals surface area (Å²) < 4.78 is 15.5. The average molecular weight is 420 g/mol. The minimum atomic E-state index is -1.93. The van der Waals surface area contributed by atoms with Gasteiger partial charge in [-0.25, -0.2) is 9.63 Å². The molecule has 9 nitrogen and oxygen atoms in total. The monoisotopic (exact) mass is 419 g/mol. The zero-order valence-electron chi connectivity index (χ0n) is 15.9. The number of methoxy groups -OCH3 is 1. The van der Waals surface area contributed by atoms with Crippen LogP contribution in [0.25, 0.3) is 0 Å². The lowest BCUT2D eigenvalue weighted by atomic mass is 9.68. The van der Waals surface area contributed by atoms with Crippen molar-refractivity contribution in [3.63, 3.8) is 0 Å². The molecule has 0 saturated heterocycles. The summed E-state index contributed by atoms with van der Waals surface area (Å²) in [6.07, 6.45) is 0. The normalized spacial score (nSPS) is 20.7. The van der Waals surface area contributed by atoms with Gasteiger partial charge in [-0.1, -0.05) is 11.6 Å². The van der Waals surface area contributed by atoms with Crippen LogP contribution < -0.4 is 10.8 Å². The van der Waals surface area contributed by atoms with E-state index in [1.165, 1.54) is 20.1 Å². The van der Waals surface area contributed by atoms with E-state index in [0.717, 1.165) is 5.06 Å². The molecule has 1 atom stereocenters.